The van der Waals surface area contributed by atoms with Gasteiger partial charge in [0.2, 0.25) is 11.8 Å². The van der Waals surface area contributed by atoms with E-state index in [1.807, 2.05) is 11.1 Å². The van der Waals surface area contributed by atoms with Crippen LogP contribution < -0.4 is 4.90 Å². The second-order valence-corrected chi connectivity index (χ2v) is 8.16. The predicted molar refractivity (Wildman–Crippen MR) is 106 cm³/mol. The summed E-state index contributed by atoms with van der Waals surface area (Å²) in [5, 5.41) is 0. The molecule has 0 aromatic carbocycles. The molecule has 1 atom stereocenters. The van der Waals surface area contributed by atoms with Gasteiger partial charge in [0.05, 0.1) is 24.3 Å². The summed E-state index contributed by atoms with van der Waals surface area (Å²) in [4.78, 5) is 37.1. The van der Waals surface area contributed by atoms with Crippen molar-refractivity contribution in [2.75, 3.05) is 57.8 Å². The lowest BCUT2D eigenvalue weighted by molar-refractivity contribution is 0.0482. The molecule has 3 aliphatic heterocycles. The molecule has 0 unspecified atom stereocenters. The van der Waals surface area contributed by atoms with E-state index in [2.05, 4.69) is 31.8 Å². The SMILES string of the molecule is CN1CCN(c2ncc3c(n2)[C@@]2(CCN(C(=O)c4ncccn4)C2)COC3)CC1. The van der Waals surface area contributed by atoms with Crippen LogP contribution in [-0.2, 0) is 16.8 Å². The van der Waals surface area contributed by atoms with Gasteiger partial charge in [-0.3, -0.25) is 4.79 Å². The summed E-state index contributed by atoms with van der Waals surface area (Å²) < 4.78 is 5.90. The molecule has 1 amide bonds. The first kappa shape index (κ1) is 18.4. The smallest absolute Gasteiger partial charge is 0.291 e. The van der Waals surface area contributed by atoms with Crippen molar-refractivity contribution in [3.63, 3.8) is 0 Å². The third-order valence-corrected chi connectivity index (χ3v) is 6.17. The summed E-state index contributed by atoms with van der Waals surface area (Å²) in [6, 6.07) is 1.71. The number of hydrogen-bond acceptors (Lipinski definition) is 8. The quantitative estimate of drug-likeness (QED) is 0.719. The van der Waals surface area contributed by atoms with E-state index in [1.165, 1.54) is 0 Å². The highest BCUT2D eigenvalue weighted by Crippen LogP contribution is 2.39. The van der Waals surface area contributed by atoms with Crippen LogP contribution in [-0.4, -0.2) is 88.6 Å². The van der Waals surface area contributed by atoms with Crippen molar-refractivity contribution in [3.05, 3.63) is 41.7 Å². The first-order valence-corrected chi connectivity index (χ1v) is 10.1. The van der Waals surface area contributed by atoms with Crippen LogP contribution in [0.25, 0.3) is 0 Å². The molecule has 2 saturated heterocycles. The number of fused-ring (bicyclic) bond motifs is 2. The van der Waals surface area contributed by atoms with E-state index in [0.29, 0.717) is 26.3 Å². The minimum absolute atomic E-state index is 0.136. The van der Waals surface area contributed by atoms with Gasteiger partial charge in [-0.2, -0.15) is 0 Å². The highest BCUT2D eigenvalue weighted by molar-refractivity contribution is 5.90. The van der Waals surface area contributed by atoms with Crippen molar-refractivity contribution in [2.45, 2.75) is 18.4 Å². The number of hydrogen-bond donors (Lipinski definition) is 0. The Balaban J connectivity index is 1.41. The second-order valence-electron chi connectivity index (χ2n) is 8.16. The van der Waals surface area contributed by atoms with Crippen molar-refractivity contribution in [1.82, 2.24) is 29.7 Å². The monoisotopic (exact) mass is 395 g/mol. The first-order valence-electron chi connectivity index (χ1n) is 10.1. The molecule has 9 nitrogen and oxygen atoms in total. The Labute approximate surface area is 169 Å². The lowest BCUT2D eigenvalue weighted by Crippen LogP contribution is -2.46. The van der Waals surface area contributed by atoms with E-state index in [-0.39, 0.29) is 17.1 Å². The van der Waals surface area contributed by atoms with E-state index in [9.17, 15) is 4.79 Å². The summed E-state index contributed by atoms with van der Waals surface area (Å²) in [5.74, 6) is 0.888. The van der Waals surface area contributed by atoms with Crippen LogP contribution in [0.1, 0.15) is 28.3 Å². The highest BCUT2D eigenvalue weighted by atomic mass is 16.5. The van der Waals surface area contributed by atoms with Crippen molar-refractivity contribution in [1.29, 1.82) is 0 Å². The van der Waals surface area contributed by atoms with Crippen LogP contribution in [0.5, 0.6) is 0 Å². The zero-order chi connectivity index (χ0) is 19.8. The molecule has 2 aromatic rings. The molecule has 152 valence electrons. The number of piperazine rings is 1. The zero-order valence-electron chi connectivity index (χ0n) is 16.6. The number of nitrogens with zero attached hydrogens (tertiary/aromatic N) is 7. The van der Waals surface area contributed by atoms with Gasteiger partial charge in [0.15, 0.2) is 0 Å². The van der Waals surface area contributed by atoms with Crippen LogP contribution in [0.4, 0.5) is 5.95 Å². The van der Waals surface area contributed by atoms with Gasteiger partial charge in [0, 0.05) is 63.4 Å². The Morgan fingerprint density at radius 3 is 2.69 bits per heavy atom. The van der Waals surface area contributed by atoms with Crippen molar-refractivity contribution in [3.8, 4) is 0 Å². The van der Waals surface area contributed by atoms with Crippen LogP contribution in [0.2, 0.25) is 0 Å². The fourth-order valence-electron chi connectivity index (χ4n) is 4.45. The Hall–Kier alpha value is -2.65. The van der Waals surface area contributed by atoms with Gasteiger partial charge < -0.3 is 19.4 Å². The van der Waals surface area contributed by atoms with Gasteiger partial charge in [-0.25, -0.2) is 19.9 Å². The summed E-state index contributed by atoms with van der Waals surface area (Å²) in [6.07, 6.45) is 5.92. The number of carbonyl (C=O) groups excluding carboxylic acids is 1. The average molecular weight is 395 g/mol. The number of anilines is 1. The van der Waals surface area contributed by atoms with Gasteiger partial charge in [0.1, 0.15) is 0 Å². The number of likely N-dealkylation sites (N-methyl/N-ethyl adjacent to an activating group) is 1. The number of aromatic nitrogens is 4. The number of rotatable bonds is 2. The molecular formula is C20H25N7O2. The number of likely N-dealkylation sites (tertiary alicyclic amines) is 1. The van der Waals surface area contributed by atoms with Gasteiger partial charge in [-0.15, -0.1) is 0 Å². The Bertz CT molecular complexity index is 901. The topological polar surface area (TPSA) is 87.6 Å². The van der Waals surface area contributed by atoms with Crippen molar-refractivity contribution >= 4 is 11.9 Å². The van der Waals surface area contributed by atoms with E-state index >= 15 is 0 Å². The fraction of sp³-hybridized carbons (Fsp3) is 0.550. The van der Waals surface area contributed by atoms with E-state index in [0.717, 1.165) is 49.8 Å². The Kier molecular flexibility index (Phi) is 4.63. The Morgan fingerprint density at radius 1 is 1.10 bits per heavy atom. The van der Waals surface area contributed by atoms with Crippen molar-refractivity contribution in [2.24, 2.45) is 0 Å². The molecule has 3 aliphatic rings. The summed E-state index contributed by atoms with van der Waals surface area (Å²) >= 11 is 0. The van der Waals surface area contributed by atoms with Gasteiger partial charge in [-0.1, -0.05) is 0 Å². The molecule has 0 saturated carbocycles. The summed E-state index contributed by atoms with van der Waals surface area (Å²) in [5.41, 5.74) is 1.78. The molecule has 1 spiro atoms. The minimum atomic E-state index is -0.289. The maximum Gasteiger partial charge on any atom is 0.291 e. The zero-order valence-corrected chi connectivity index (χ0v) is 16.6. The van der Waals surface area contributed by atoms with Crippen LogP contribution in [0, 0.1) is 0 Å². The molecular weight excluding hydrogens is 370 g/mol. The van der Waals surface area contributed by atoms with E-state index in [1.54, 1.807) is 18.5 Å². The molecule has 5 heterocycles. The largest absolute Gasteiger partial charge is 0.376 e. The van der Waals surface area contributed by atoms with Gasteiger partial charge in [-0.05, 0) is 19.5 Å². The molecule has 2 fully saturated rings. The fourth-order valence-corrected chi connectivity index (χ4v) is 4.45. The van der Waals surface area contributed by atoms with Crippen LogP contribution >= 0.6 is 0 Å². The lowest BCUT2D eigenvalue weighted by atomic mass is 9.80. The van der Waals surface area contributed by atoms with Gasteiger partial charge in [0.25, 0.3) is 5.91 Å². The molecule has 5 rings (SSSR count). The molecule has 29 heavy (non-hydrogen) atoms. The Morgan fingerprint density at radius 2 is 1.90 bits per heavy atom. The third-order valence-electron chi connectivity index (χ3n) is 6.17. The number of ether oxygens (including phenoxy) is 1. The molecule has 0 radical (unpaired) electrons. The number of carbonyl (C=O) groups is 1. The average Bonchev–Trinajstić information content (AvgIpc) is 3.19. The molecule has 9 heteroatoms. The van der Waals surface area contributed by atoms with E-state index in [4.69, 9.17) is 9.72 Å². The normalized spacial score (nSPS) is 24.7. The lowest BCUT2D eigenvalue weighted by Gasteiger charge is -2.36. The first-order chi connectivity index (χ1) is 14.1. The summed E-state index contributed by atoms with van der Waals surface area (Å²) in [7, 11) is 2.14. The molecule has 0 N–H and O–H groups in total. The molecule has 0 aliphatic carbocycles. The number of amides is 1. The van der Waals surface area contributed by atoms with Gasteiger partial charge >= 0.3 is 0 Å². The predicted octanol–water partition coefficient (Wildman–Crippen LogP) is 0.333. The third kappa shape index (κ3) is 3.34. The minimum Gasteiger partial charge on any atom is -0.376 e. The maximum atomic E-state index is 12.8. The standard InChI is InChI=1S/C20H25N7O2/c1-25-7-9-26(10-8-25)19-23-11-15-12-29-14-20(16(15)24-19)3-6-27(13-20)18(28)17-21-4-2-5-22-17/h2,4-5,11H,3,6-10,12-14H2,1H3/t20-/m1/s1. The summed E-state index contributed by atoms with van der Waals surface area (Å²) in [6.45, 7) is 6.17. The van der Waals surface area contributed by atoms with E-state index < -0.39 is 0 Å². The maximum absolute atomic E-state index is 12.8. The van der Waals surface area contributed by atoms with Crippen molar-refractivity contribution < 1.29 is 9.53 Å². The van der Waals surface area contributed by atoms with Crippen LogP contribution in [0.3, 0.4) is 0 Å². The molecule has 2 aromatic heterocycles. The second kappa shape index (κ2) is 7.31. The highest BCUT2D eigenvalue weighted by Gasteiger charge is 2.47. The van der Waals surface area contributed by atoms with Crippen LogP contribution in [0.15, 0.2) is 24.7 Å². The molecule has 0 bridgehead atoms.